The van der Waals surface area contributed by atoms with Gasteiger partial charge in [0.25, 0.3) is 5.91 Å². The lowest BCUT2D eigenvalue weighted by Gasteiger charge is -2.31. The summed E-state index contributed by atoms with van der Waals surface area (Å²) >= 11 is 6.64. The summed E-state index contributed by atoms with van der Waals surface area (Å²) in [6.07, 6.45) is -10.3. The fourth-order valence-electron chi connectivity index (χ4n) is 7.64. The molecule has 0 spiro atoms. The van der Waals surface area contributed by atoms with Gasteiger partial charge in [-0.2, -0.15) is 26.3 Å². The van der Waals surface area contributed by atoms with Crippen LogP contribution in [0.15, 0.2) is 120 Å². The molecule has 7 rings (SSSR count). The molecular formula is C52H51ClF6N6O12. The summed E-state index contributed by atoms with van der Waals surface area (Å²) < 4.78 is 74.9. The van der Waals surface area contributed by atoms with E-state index in [4.69, 9.17) is 40.9 Å². The van der Waals surface area contributed by atoms with Crippen molar-refractivity contribution in [2.75, 3.05) is 55.9 Å². The number of pyridine rings is 1. The Bertz CT molecular complexity index is 3080. The van der Waals surface area contributed by atoms with Gasteiger partial charge in [-0.3, -0.25) is 19.7 Å². The van der Waals surface area contributed by atoms with Gasteiger partial charge in [-0.05, 0) is 66.4 Å². The first-order valence-electron chi connectivity index (χ1n) is 23.1. The number of aromatic hydroxyl groups is 1. The minimum absolute atomic E-state index is 0.0948. The average molecular weight is 1100 g/mol. The SMILES string of the molecule is COc1cc(NC(=O)c2cccc(N(C)C(=O)CCN3CCC(OC(=O)Nc4ccccc4-c4ccccc4)CC3)c2)c(Cl)cc1CNC[C@H](O)c1ccc(O)c2[nH]c(=O)ccc12.O=C(O)C(F)(F)F.O=C(O)C(F)(F)F. The number of para-hydroxylation sites is 1. The smallest absolute Gasteiger partial charge is 0.490 e. The molecule has 6 aromatic rings. The Morgan fingerprint density at radius 3 is 2.09 bits per heavy atom. The van der Waals surface area contributed by atoms with Crippen LogP contribution < -0.4 is 31.1 Å². The Morgan fingerprint density at radius 2 is 1.45 bits per heavy atom. The van der Waals surface area contributed by atoms with Gasteiger partial charge in [0.1, 0.15) is 17.6 Å². The average Bonchev–Trinajstić information content (AvgIpc) is 3.39. The number of rotatable bonds is 15. The number of phenolic OH excluding ortho intramolecular Hbond substituents is 1. The van der Waals surface area contributed by atoms with Crippen LogP contribution in [0.2, 0.25) is 5.02 Å². The lowest BCUT2D eigenvalue weighted by Crippen LogP contribution is -2.40. The number of ether oxygens (including phenoxy) is 2. The molecule has 1 aliphatic rings. The van der Waals surface area contributed by atoms with E-state index in [1.807, 2.05) is 54.6 Å². The summed E-state index contributed by atoms with van der Waals surface area (Å²) in [5, 5.41) is 45.1. The van der Waals surface area contributed by atoms with Crippen molar-refractivity contribution in [3.8, 4) is 22.6 Å². The van der Waals surface area contributed by atoms with E-state index in [-0.39, 0.29) is 53.4 Å². The number of aromatic nitrogens is 1. The maximum atomic E-state index is 13.5. The molecule has 0 saturated carbocycles. The Morgan fingerprint density at radius 1 is 0.818 bits per heavy atom. The van der Waals surface area contributed by atoms with Gasteiger partial charge in [-0.1, -0.05) is 72.3 Å². The zero-order valence-corrected chi connectivity index (χ0v) is 41.6. The number of carbonyl (C=O) groups excluding carboxylic acids is 3. The predicted molar refractivity (Wildman–Crippen MR) is 272 cm³/mol. The minimum atomic E-state index is -5.08. The van der Waals surface area contributed by atoms with Gasteiger partial charge in [-0.25, -0.2) is 14.4 Å². The first-order chi connectivity index (χ1) is 36.4. The topological polar surface area (TPSA) is 260 Å². The number of likely N-dealkylation sites (tertiary alicyclic amines) is 1. The number of nitrogens with zero attached hydrogens (tertiary/aromatic N) is 2. The number of hydrogen-bond donors (Lipinski definition) is 8. The third-order valence-corrected chi connectivity index (χ3v) is 11.9. The third kappa shape index (κ3) is 17.4. The Hall–Kier alpha value is -8.19. The van der Waals surface area contributed by atoms with Gasteiger partial charge in [0.05, 0.1) is 35.1 Å². The van der Waals surface area contributed by atoms with Crippen LogP contribution in [0.1, 0.15) is 46.9 Å². The third-order valence-electron chi connectivity index (χ3n) is 11.6. The molecule has 1 saturated heterocycles. The second-order valence-corrected chi connectivity index (χ2v) is 17.3. The number of fused-ring (bicyclic) bond motifs is 1. The lowest BCUT2D eigenvalue weighted by molar-refractivity contribution is -0.193. The molecule has 0 unspecified atom stereocenters. The number of nitrogens with one attached hydrogen (secondary N) is 4. The van der Waals surface area contributed by atoms with Gasteiger partial charge in [0.15, 0.2) is 0 Å². The highest BCUT2D eigenvalue weighted by Gasteiger charge is 2.39. The highest BCUT2D eigenvalue weighted by molar-refractivity contribution is 6.34. The Balaban J connectivity index is 0.000000688. The van der Waals surface area contributed by atoms with E-state index in [2.05, 4.69) is 25.8 Å². The largest absolute Gasteiger partial charge is 0.506 e. The number of halogens is 7. The van der Waals surface area contributed by atoms with E-state index in [1.54, 1.807) is 55.6 Å². The summed E-state index contributed by atoms with van der Waals surface area (Å²) in [4.78, 5) is 75.5. The molecule has 1 atom stereocenters. The number of alkyl halides is 6. The summed E-state index contributed by atoms with van der Waals surface area (Å²) in [7, 11) is 3.18. The quantitative estimate of drug-likeness (QED) is 0.0447. The molecule has 25 heteroatoms. The molecule has 1 fully saturated rings. The van der Waals surface area contributed by atoms with Crippen molar-refractivity contribution < 1.29 is 80.2 Å². The van der Waals surface area contributed by atoms with Crippen LogP contribution in [-0.4, -0.2) is 119 Å². The van der Waals surface area contributed by atoms with Crippen molar-refractivity contribution in [3.63, 3.8) is 0 Å². The number of aliphatic carboxylic acids is 2. The molecule has 0 radical (unpaired) electrons. The predicted octanol–water partition coefficient (Wildman–Crippen LogP) is 8.97. The molecule has 18 nitrogen and oxygen atoms in total. The number of carbonyl (C=O) groups is 5. The fourth-order valence-corrected chi connectivity index (χ4v) is 7.87. The number of methoxy groups -OCH3 is 1. The number of hydrogen-bond acceptors (Lipinski definition) is 12. The number of carboxylic acid groups (broad SMARTS) is 2. The Labute approximate surface area is 439 Å². The number of piperidine rings is 1. The number of carboxylic acids is 2. The van der Waals surface area contributed by atoms with E-state index in [0.29, 0.717) is 77.4 Å². The lowest BCUT2D eigenvalue weighted by atomic mass is 10.0. The maximum Gasteiger partial charge on any atom is 0.490 e. The Kier molecular flexibility index (Phi) is 21.0. The summed E-state index contributed by atoms with van der Waals surface area (Å²) in [5.41, 5.74) is 4.87. The number of benzene rings is 5. The van der Waals surface area contributed by atoms with Crippen LogP contribution in [0.3, 0.4) is 0 Å². The van der Waals surface area contributed by atoms with Crippen molar-refractivity contribution in [2.45, 2.75) is 50.4 Å². The summed E-state index contributed by atoms with van der Waals surface area (Å²) in [6, 6.07) is 33.4. The number of H-pyrrole nitrogens is 1. The number of aromatic amines is 1. The molecule has 77 heavy (non-hydrogen) atoms. The van der Waals surface area contributed by atoms with Crippen molar-refractivity contribution >= 4 is 69.4 Å². The molecule has 3 amide bonds. The molecule has 5 aromatic carbocycles. The van der Waals surface area contributed by atoms with E-state index in [9.17, 15) is 55.7 Å². The number of amides is 3. The van der Waals surface area contributed by atoms with Crippen LogP contribution in [0.5, 0.6) is 11.5 Å². The second kappa shape index (κ2) is 27.0. The zero-order valence-electron chi connectivity index (χ0n) is 40.9. The van der Waals surface area contributed by atoms with Crippen molar-refractivity contribution in [2.24, 2.45) is 0 Å². The number of aliphatic hydroxyl groups is 1. The number of phenols is 1. The van der Waals surface area contributed by atoms with Gasteiger partial charge < -0.3 is 55.3 Å². The van der Waals surface area contributed by atoms with E-state index in [0.717, 1.165) is 11.1 Å². The first-order valence-corrected chi connectivity index (χ1v) is 23.5. The van der Waals surface area contributed by atoms with Gasteiger partial charge in [-0.15, -0.1) is 0 Å². The van der Waals surface area contributed by atoms with Crippen LogP contribution in [0, 0.1) is 0 Å². The second-order valence-electron chi connectivity index (χ2n) is 16.9. The normalized spacial score (nSPS) is 13.2. The van der Waals surface area contributed by atoms with Crippen molar-refractivity contribution in [1.82, 2.24) is 15.2 Å². The van der Waals surface area contributed by atoms with Crippen molar-refractivity contribution in [3.05, 3.63) is 147 Å². The number of anilines is 3. The van der Waals surface area contributed by atoms with Crippen LogP contribution in [-0.2, 0) is 25.7 Å². The van der Waals surface area contributed by atoms with E-state index < -0.39 is 42.4 Å². The zero-order chi connectivity index (χ0) is 56.6. The van der Waals surface area contributed by atoms with E-state index in [1.165, 1.54) is 24.1 Å². The first kappa shape index (κ1) is 59.7. The van der Waals surface area contributed by atoms with Gasteiger partial charge in [0, 0.05) is 86.1 Å². The van der Waals surface area contributed by atoms with Crippen LogP contribution in [0.4, 0.5) is 48.2 Å². The van der Waals surface area contributed by atoms with Crippen LogP contribution >= 0.6 is 11.6 Å². The molecule has 1 aliphatic heterocycles. The van der Waals surface area contributed by atoms with Gasteiger partial charge >= 0.3 is 30.4 Å². The standard InChI is InChI=1S/C48H49ClN6O8.2C2HF3O2/c1-54(45(59)21-24-55-22-19-34(20-23-55)63-48(61)52-39-14-7-6-13-35(39)30-9-4-3-5-10-30)33-12-8-11-31(25-33)47(60)51-40-27-43(62-2)32(26-38(40)49)28-50-29-42(57)36-15-17-41(56)46-37(36)16-18-44(58)53-46;2*3-2(4,5)1(6)7/h3-18,25-27,34,42,50,56-57H,19-24,28-29H2,1-2H3,(H,51,60)(H,52,61)(H,53,58);2*(H,6,7)/t42-;;/m0../s1. The maximum absolute atomic E-state index is 13.5. The monoisotopic (exact) mass is 1100 g/mol. The minimum Gasteiger partial charge on any atom is -0.506 e. The molecule has 410 valence electrons. The molecule has 0 aliphatic carbocycles. The number of aliphatic hydroxyl groups excluding tert-OH is 1. The van der Waals surface area contributed by atoms with E-state index >= 15 is 0 Å². The summed E-state index contributed by atoms with van der Waals surface area (Å²) in [5.74, 6) is -5.70. The summed E-state index contributed by atoms with van der Waals surface area (Å²) in [6.45, 7) is 2.30. The molecule has 0 bridgehead atoms. The van der Waals surface area contributed by atoms with Crippen molar-refractivity contribution in [1.29, 1.82) is 0 Å². The highest BCUT2D eigenvalue weighted by Crippen LogP contribution is 2.33. The fraction of sp³-hybridized carbons (Fsp3) is 0.269. The molecule has 1 aromatic heterocycles. The van der Waals surface area contributed by atoms with Gasteiger partial charge in [0.2, 0.25) is 11.5 Å². The highest BCUT2D eigenvalue weighted by atomic mass is 35.5. The molecular weight excluding hydrogens is 1050 g/mol. The molecule has 8 N–H and O–H groups in total. The molecule has 2 heterocycles. The van der Waals surface area contributed by atoms with Crippen LogP contribution in [0.25, 0.3) is 22.0 Å².